The number of esters is 1. The van der Waals surface area contributed by atoms with Crippen molar-refractivity contribution in [1.29, 1.82) is 0 Å². The fourth-order valence-corrected chi connectivity index (χ4v) is 3.09. The number of hydrogen-bond acceptors (Lipinski definition) is 4. The zero-order valence-electron chi connectivity index (χ0n) is 10.6. The summed E-state index contributed by atoms with van der Waals surface area (Å²) in [7, 11) is 1.97. The zero-order valence-corrected chi connectivity index (χ0v) is 11.4. The molecule has 19 heavy (non-hydrogen) atoms. The van der Waals surface area contributed by atoms with E-state index in [1.807, 2.05) is 36.0 Å². The number of nitrogens with zero attached hydrogens (tertiary/aromatic N) is 2. The van der Waals surface area contributed by atoms with Crippen molar-refractivity contribution in [3.8, 4) is 11.3 Å². The summed E-state index contributed by atoms with van der Waals surface area (Å²) in [5.41, 5.74) is 2.17. The van der Waals surface area contributed by atoms with Crippen LogP contribution in [0.2, 0.25) is 0 Å². The largest absolute Gasteiger partial charge is 0.465 e. The molecule has 98 valence electrons. The van der Waals surface area contributed by atoms with Crippen LogP contribution >= 0.6 is 11.8 Å². The van der Waals surface area contributed by atoms with E-state index in [0.29, 0.717) is 6.61 Å². The highest BCUT2D eigenvalue weighted by Crippen LogP contribution is 2.31. The van der Waals surface area contributed by atoms with Gasteiger partial charge in [0.1, 0.15) is 5.25 Å². The Morgan fingerprint density at radius 1 is 1.37 bits per heavy atom. The van der Waals surface area contributed by atoms with Gasteiger partial charge in [0, 0.05) is 13.5 Å². The lowest BCUT2D eigenvalue weighted by atomic mass is 10.2. The lowest BCUT2D eigenvalue weighted by Gasteiger charge is -2.07. The van der Waals surface area contributed by atoms with Crippen LogP contribution < -0.4 is 0 Å². The van der Waals surface area contributed by atoms with E-state index in [-0.39, 0.29) is 11.2 Å². The molecule has 0 saturated carbocycles. The van der Waals surface area contributed by atoms with E-state index in [9.17, 15) is 4.79 Å². The lowest BCUT2D eigenvalue weighted by Crippen LogP contribution is -2.10. The Labute approximate surface area is 115 Å². The van der Waals surface area contributed by atoms with Crippen LogP contribution in [0.4, 0.5) is 0 Å². The summed E-state index contributed by atoms with van der Waals surface area (Å²) in [6, 6.07) is 10.1. The molecule has 1 saturated heterocycles. The molecule has 1 aromatic heterocycles. The summed E-state index contributed by atoms with van der Waals surface area (Å²) < 4.78 is 6.99. The molecular formula is C14H14N2O2S. The maximum Gasteiger partial charge on any atom is 0.319 e. The molecule has 2 aromatic rings. The van der Waals surface area contributed by atoms with Crippen molar-refractivity contribution in [2.45, 2.75) is 16.8 Å². The van der Waals surface area contributed by atoms with Crippen molar-refractivity contribution in [2.75, 3.05) is 6.61 Å². The van der Waals surface area contributed by atoms with E-state index in [1.54, 1.807) is 0 Å². The average molecular weight is 274 g/mol. The predicted molar refractivity (Wildman–Crippen MR) is 73.9 cm³/mol. The van der Waals surface area contributed by atoms with Crippen LogP contribution in [-0.2, 0) is 16.6 Å². The van der Waals surface area contributed by atoms with Crippen molar-refractivity contribution in [1.82, 2.24) is 9.55 Å². The van der Waals surface area contributed by atoms with Gasteiger partial charge in [-0.2, -0.15) is 0 Å². The fourth-order valence-electron chi connectivity index (χ4n) is 2.09. The first-order valence-corrected chi connectivity index (χ1v) is 7.04. The number of carbonyl (C=O) groups is 1. The first-order chi connectivity index (χ1) is 9.25. The second-order valence-corrected chi connectivity index (χ2v) is 5.58. The van der Waals surface area contributed by atoms with Crippen LogP contribution in [-0.4, -0.2) is 27.4 Å². The highest BCUT2D eigenvalue weighted by atomic mass is 32.2. The molecule has 5 heteroatoms. The Morgan fingerprint density at radius 3 is 2.84 bits per heavy atom. The Kier molecular flexibility index (Phi) is 3.29. The van der Waals surface area contributed by atoms with Gasteiger partial charge >= 0.3 is 5.97 Å². The number of benzene rings is 1. The van der Waals surface area contributed by atoms with Gasteiger partial charge in [-0.3, -0.25) is 4.79 Å². The van der Waals surface area contributed by atoms with Crippen LogP contribution in [0, 0.1) is 0 Å². The molecule has 0 unspecified atom stereocenters. The average Bonchev–Trinajstić information content (AvgIpc) is 2.99. The van der Waals surface area contributed by atoms with Gasteiger partial charge in [-0.15, -0.1) is 0 Å². The first kappa shape index (κ1) is 12.3. The Morgan fingerprint density at radius 2 is 2.16 bits per heavy atom. The van der Waals surface area contributed by atoms with Gasteiger partial charge in [-0.1, -0.05) is 42.1 Å². The molecule has 0 amide bonds. The number of cyclic esters (lactones) is 1. The van der Waals surface area contributed by atoms with E-state index in [4.69, 9.17) is 4.74 Å². The van der Waals surface area contributed by atoms with Crippen molar-refractivity contribution >= 4 is 17.7 Å². The number of imidazole rings is 1. The van der Waals surface area contributed by atoms with E-state index in [1.165, 1.54) is 11.8 Å². The fraction of sp³-hybridized carbons (Fsp3) is 0.286. The molecule has 4 nitrogen and oxygen atoms in total. The summed E-state index contributed by atoms with van der Waals surface area (Å²) in [6.45, 7) is 0.520. The van der Waals surface area contributed by atoms with Gasteiger partial charge in [0.05, 0.1) is 18.5 Å². The number of aromatic nitrogens is 2. The van der Waals surface area contributed by atoms with Crippen LogP contribution in [0.25, 0.3) is 11.3 Å². The second-order valence-electron chi connectivity index (χ2n) is 4.41. The predicted octanol–water partition coefficient (Wildman–Crippen LogP) is 2.49. The van der Waals surface area contributed by atoms with Crippen LogP contribution in [0.1, 0.15) is 6.42 Å². The maximum atomic E-state index is 11.5. The summed E-state index contributed by atoms with van der Waals surface area (Å²) in [5.74, 6) is -0.130. The van der Waals surface area contributed by atoms with Crippen molar-refractivity contribution < 1.29 is 9.53 Å². The molecule has 0 bridgehead atoms. The standard InChI is InChI=1S/C14H14N2O2S/c1-16-11(10-5-3-2-4-6-10)9-15-14(16)19-12-7-8-18-13(12)17/h2-6,9,12H,7-8H2,1H3/t12-/m0/s1. The quantitative estimate of drug-likeness (QED) is 0.807. The maximum absolute atomic E-state index is 11.5. The van der Waals surface area contributed by atoms with E-state index in [2.05, 4.69) is 17.1 Å². The summed E-state index contributed by atoms with van der Waals surface area (Å²) >= 11 is 1.48. The Hall–Kier alpha value is -1.75. The Bertz CT molecular complexity index is 595. The van der Waals surface area contributed by atoms with Crippen LogP contribution in [0.3, 0.4) is 0 Å². The third-order valence-corrected chi connectivity index (χ3v) is 4.45. The topological polar surface area (TPSA) is 44.1 Å². The molecule has 1 atom stereocenters. The molecule has 1 fully saturated rings. The highest BCUT2D eigenvalue weighted by molar-refractivity contribution is 8.00. The van der Waals surface area contributed by atoms with Crippen molar-refractivity contribution in [3.05, 3.63) is 36.5 Å². The van der Waals surface area contributed by atoms with Gasteiger partial charge < -0.3 is 9.30 Å². The first-order valence-electron chi connectivity index (χ1n) is 6.16. The van der Waals surface area contributed by atoms with Gasteiger partial charge in [0.2, 0.25) is 0 Å². The molecule has 2 heterocycles. The van der Waals surface area contributed by atoms with Crippen molar-refractivity contribution in [2.24, 2.45) is 7.05 Å². The second kappa shape index (κ2) is 5.09. The molecule has 0 spiro atoms. The summed E-state index contributed by atoms with van der Waals surface area (Å²) in [5, 5.41) is 0.729. The molecule has 1 aromatic carbocycles. The van der Waals surface area contributed by atoms with Crippen LogP contribution in [0.5, 0.6) is 0 Å². The minimum Gasteiger partial charge on any atom is -0.465 e. The van der Waals surface area contributed by atoms with E-state index < -0.39 is 0 Å². The van der Waals surface area contributed by atoms with Gasteiger partial charge in [0.15, 0.2) is 5.16 Å². The Balaban J connectivity index is 1.85. The van der Waals surface area contributed by atoms with Gasteiger partial charge in [-0.05, 0) is 5.56 Å². The van der Waals surface area contributed by atoms with Gasteiger partial charge in [0.25, 0.3) is 0 Å². The minimum atomic E-state index is -0.130. The van der Waals surface area contributed by atoms with E-state index >= 15 is 0 Å². The molecule has 0 aliphatic carbocycles. The number of hydrogen-bond donors (Lipinski definition) is 0. The number of thioether (sulfide) groups is 1. The normalized spacial score (nSPS) is 18.6. The van der Waals surface area contributed by atoms with E-state index in [0.717, 1.165) is 22.8 Å². The van der Waals surface area contributed by atoms with Crippen LogP contribution in [0.15, 0.2) is 41.7 Å². The smallest absolute Gasteiger partial charge is 0.319 e. The molecule has 3 rings (SSSR count). The number of ether oxygens (including phenoxy) is 1. The SMILES string of the molecule is Cn1c(-c2ccccc2)cnc1S[C@H]1CCOC1=O. The summed E-state index contributed by atoms with van der Waals surface area (Å²) in [4.78, 5) is 15.9. The third-order valence-electron chi connectivity index (χ3n) is 3.15. The lowest BCUT2D eigenvalue weighted by molar-refractivity contribution is -0.137. The van der Waals surface area contributed by atoms with Crippen molar-refractivity contribution in [3.63, 3.8) is 0 Å². The monoisotopic (exact) mass is 274 g/mol. The zero-order chi connectivity index (χ0) is 13.2. The summed E-state index contributed by atoms with van der Waals surface area (Å²) in [6.07, 6.45) is 2.61. The molecule has 0 N–H and O–H groups in total. The highest BCUT2D eigenvalue weighted by Gasteiger charge is 2.29. The molecule has 1 aliphatic heterocycles. The van der Waals surface area contributed by atoms with Gasteiger partial charge in [-0.25, -0.2) is 4.98 Å². The number of carbonyl (C=O) groups excluding carboxylic acids is 1. The molecule has 1 aliphatic rings. The molecular weight excluding hydrogens is 260 g/mol. The third kappa shape index (κ3) is 2.38. The minimum absolute atomic E-state index is 0.121. The molecule has 0 radical (unpaired) electrons. The number of rotatable bonds is 3.